The van der Waals surface area contributed by atoms with Gasteiger partial charge < -0.3 is 14.2 Å². The second-order valence-corrected chi connectivity index (χ2v) is 7.74. The van der Waals surface area contributed by atoms with Crippen molar-refractivity contribution in [3.8, 4) is 0 Å². The van der Waals surface area contributed by atoms with Crippen molar-refractivity contribution in [2.75, 3.05) is 26.2 Å². The number of piperazine rings is 1. The largest absolute Gasteiger partial charge is 0.459 e. The summed E-state index contributed by atoms with van der Waals surface area (Å²) in [5, 5.41) is 0.547. The van der Waals surface area contributed by atoms with Crippen molar-refractivity contribution in [3.05, 3.63) is 64.1 Å². The molecule has 154 valence electrons. The van der Waals surface area contributed by atoms with E-state index >= 15 is 0 Å². The van der Waals surface area contributed by atoms with E-state index in [-0.39, 0.29) is 17.4 Å². The van der Waals surface area contributed by atoms with Crippen LogP contribution in [-0.2, 0) is 13.0 Å². The lowest BCUT2D eigenvalue weighted by atomic mass is 10.1. The van der Waals surface area contributed by atoms with Crippen LogP contribution in [0.3, 0.4) is 0 Å². The van der Waals surface area contributed by atoms with Gasteiger partial charge in [-0.3, -0.25) is 19.0 Å². The number of aromatic nitrogens is 2. The molecule has 0 unspecified atom stereocenters. The standard InChI is InChI=1S/C22H22N4O4/c27-20(24-9-11-25(12-10-24)22(29)18-4-3-13-30-18)15-6-7-16-17(14-15)23-19-5-1-2-8-26(19)21(16)28/h3-4,6-7,13-14H,1-2,5,8-12H2. The second kappa shape index (κ2) is 7.44. The first-order valence-corrected chi connectivity index (χ1v) is 10.3. The summed E-state index contributed by atoms with van der Waals surface area (Å²) >= 11 is 0. The first-order chi connectivity index (χ1) is 14.6. The van der Waals surface area contributed by atoms with Gasteiger partial charge in [0.25, 0.3) is 17.4 Å². The molecule has 1 fully saturated rings. The van der Waals surface area contributed by atoms with Crippen LogP contribution in [0.25, 0.3) is 10.9 Å². The van der Waals surface area contributed by atoms with Crippen LogP contribution >= 0.6 is 0 Å². The molecule has 0 saturated carbocycles. The summed E-state index contributed by atoms with van der Waals surface area (Å²) in [5.41, 5.74) is 1.06. The highest BCUT2D eigenvalue weighted by molar-refractivity contribution is 5.98. The lowest BCUT2D eigenvalue weighted by molar-refractivity contribution is 0.0518. The Morgan fingerprint density at radius 1 is 0.933 bits per heavy atom. The zero-order chi connectivity index (χ0) is 20.7. The molecular formula is C22H22N4O4. The smallest absolute Gasteiger partial charge is 0.289 e. The molecule has 2 aliphatic heterocycles. The van der Waals surface area contributed by atoms with E-state index in [1.807, 2.05) is 0 Å². The summed E-state index contributed by atoms with van der Waals surface area (Å²) in [6.45, 7) is 2.50. The van der Waals surface area contributed by atoms with Gasteiger partial charge in [0.05, 0.1) is 17.2 Å². The first-order valence-electron chi connectivity index (χ1n) is 10.3. The molecule has 0 N–H and O–H groups in total. The van der Waals surface area contributed by atoms with Crippen LogP contribution in [-0.4, -0.2) is 57.3 Å². The lowest BCUT2D eigenvalue weighted by Crippen LogP contribution is -2.50. The van der Waals surface area contributed by atoms with Crippen molar-refractivity contribution in [1.82, 2.24) is 19.4 Å². The van der Waals surface area contributed by atoms with Crippen molar-refractivity contribution in [2.24, 2.45) is 0 Å². The zero-order valence-corrected chi connectivity index (χ0v) is 16.5. The van der Waals surface area contributed by atoms with Gasteiger partial charge in [-0.25, -0.2) is 4.98 Å². The predicted molar refractivity (Wildman–Crippen MR) is 109 cm³/mol. The number of aryl methyl sites for hydroxylation is 1. The first kappa shape index (κ1) is 18.6. The third kappa shape index (κ3) is 3.18. The average Bonchev–Trinajstić information content (AvgIpc) is 3.33. The Balaban J connectivity index is 1.34. The van der Waals surface area contributed by atoms with E-state index in [2.05, 4.69) is 4.98 Å². The van der Waals surface area contributed by atoms with Gasteiger partial charge in [-0.2, -0.15) is 0 Å². The third-order valence-electron chi connectivity index (χ3n) is 5.90. The van der Waals surface area contributed by atoms with Crippen LogP contribution < -0.4 is 5.56 Å². The minimum atomic E-state index is -0.160. The molecule has 1 aromatic carbocycles. The van der Waals surface area contributed by atoms with Crippen LogP contribution in [0.4, 0.5) is 0 Å². The van der Waals surface area contributed by atoms with E-state index in [4.69, 9.17) is 4.42 Å². The highest BCUT2D eigenvalue weighted by atomic mass is 16.3. The Morgan fingerprint density at radius 2 is 1.70 bits per heavy atom. The van der Waals surface area contributed by atoms with E-state index in [1.54, 1.807) is 44.7 Å². The molecule has 1 saturated heterocycles. The number of hydrogen-bond acceptors (Lipinski definition) is 5. The molecule has 2 amide bonds. The number of carbonyl (C=O) groups excluding carboxylic acids is 2. The van der Waals surface area contributed by atoms with Gasteiger partial charge in [-0.1, -0.05) is 0 Å². The van der Waals surface area contributed by atoms with Crippen molar-refractivity contribution in [2.45, 2.75) is 25.8 Å². The normalized spacial score (nSPS) is 16.5. The number of amides is 2. The summed E-state index contributed by atoms with van der Waals surface area (Å²) in [6.07, 6.45) is 4.28. The molecule has 30 heavy (non-hydrogen) atoms. The minimum Gasteiger partial charge on any atom is -0.459 e. The summed E-state index contributed by atoms with van der Waals surface area (Å²) in [6, 6.07) is 8.45. The molecule has 2 aromatic heterocycles. The van der Waals surface area contributed by atoms with Crippen LogP contribution in [0.5, 0.6) is 0 Å². The van der Waals surface area contributed by atoms with Crippen molar-refractivity contribution >= 4 is 22.7 Å². The summed E-state index contributed by atoms with van der Waals surface area (Å²) in [7, 11) is 0. The average molecular weight is 406 g/mol. The summed E-state index contributed by atoms with van der Waals surface area (Å²) in [5.74, 6) is 0.840. The van der Waals surface area contributed by atoms with Crippen molar-refractivity contribution in [3.63, 3.8) is 0 Å². The Hall–Kier alpha value is -3.42. The molecule has 4 heterocycles. The maximum absolute atomic E-state index is 13.0. The molecular weight excluding hydrogens is 384 g/mol. The Kier molecular flexibility index (Phi) is 4.61. The number of furan rings is 1. The molecule has 8 heteroatoms. The topological polar surface area (TPSA) is 88.7 Å². The van der Waals surface area contributed by atoms with Crippen molar-refractivity contribution < 1.29 is 14.0 Å². The molecule has 8 nitrogen and oxygen atoms in total. The number of fused-ring (bicyclic) bond motifs is 2. The molecule has 0 aliphatic carbocycles. The van der Waals surface area contributed by atoms with Crippen LogP contribution in [0, 0.1) is 0 Å². The maximum atomic E-state index is 13.0. The van der Waals surface area contributed by atoms with Gasteiger partial charge in [-0.15, -0.1) is 0 Å². The van der Waals surface area contributed by atoms with Gasteiger partial charge in [-0.05, 0) is 43.2 Å². The fraction of sp³-hybridized carbons (Fsp3) is 0.364. The van der Waals surface area contributed by atoms with E-state index in [9.17, 15) is 14.4 Å². The highest BCUT2D eigenvalue weighted by Crippen LogP contribution is 2.18. The van der Waals surface area contributed by atoms with Crippen LogP contribution in [0.2, 0.25) is 0 Å². The SMILES string of the molecule is O=C(c1ccc2c(=O)n3c(nc2c1)CCCC3)N1CCN(C(=O)c2ccco2)CC1. The Labute approximate surface area is 172 Å². The fourth-order valence-corrected chi connectivity index (χ4v) is 4.23. The van der Waals surface area contributed by atoms with Gasteiger partial charge in [0, 0.05) is 44.7 Å². The third-order valence-corrected chi connectivity index (χ3v) is 5.90. The number of hydrogen-bond donors (Lipinski definition) is 0. The van der Waals surface area contributed by atoms with Gasteiger partial charge in [0.15, 0.2) is 5.76 Å². The monoisotopic (exact) mass is 406 g/mol. The van der Waals surface area contributed by atoms with E-state index in [0.29, 0.717) is 55.0 Å². The summed E-state index contributed by atoms with van der Waals surface area (Å²) in [4.78, 5) is 46.2. The number of benzene rings is 1. The minimum absolute atomic E-state index is 0.0289. The molecule has 0 radical (unpaired) electrons. The quantitative estimate of drug-likeness (QED) is 0.649. The van der Waals surface area contributed by atoms with Crippen LogP contribution in [0.15, 0.2) is 45.8 Å². The predicted octanol–water partition coefficient (Wildman–Crippen LogP) is 1.92. The Morgan fingerprint density at radius 3 is 2.43 bits per heavy atom. The molecule has 0 spiro atoms. The van der Waals surface area contributed by atoms with Gasteiger partial charge in [0.2, 0.25) is 0 Å². The molecule has 0 atom stereocenters. The van der Waals surface area contributed by atoms with Crippen LogP contribution in [0.1, 0.15) is 39.6 Å². The van der Waals surface area contributed by atoms with E-state index in [1.165, 1.54) is 6.26 Å². The lowest BCUT2D eigenvalue weighted by Gasteiger charge is -2.34. The van der Waals surface area contributed by atoms with Gasteiger partial charge >= 0.3 is 0 Å². The second-order valence-electron chi connectivity index (χ2n) is 7.74. The fourth-order valence-electron chi connectivity index (χ4n) is 4.23. The molecule has 5 rings (SSSR count). The van der Waals surface area contributed by atoms with Gasteiger partial charge in [0.1, 0.15) is 5.82 Å². The number of rotatable bonds is 2. The molecule has 2 aliphatic rings. The number of nitrogens with zero attached hydrogens (tertiary/aromatic N) is 4. The Bertz CT molecular complexity index is 1170. The van der Waals surface area contributed by atoms with Crippen molar-refractivity contribution in [1.29, 1.82) is 0 Å². The van der Waals surface area contributed by atoms with E-state index in [0.717, 1.165) is 25.1 Å². The van der Waals surface area contributed by atoms with E-state index < -0.39 is 0 Å². The molecule has 3 aromatic rings. The maximum Gasteiger partial charge on any atom is 0.289 e. The zero-order valence-electron chi connectivity index (χ0n) is 16.5. The summed E-state index contributed by atoms with van der Waals surface area (Å²) < 4.78 is 6.93. The highest BCUT2D eigenvalue weighted by Gasteiger charge is 2.27. The number of carbonyl (C=O) groups is 2. The molecule has 0 bridgehead atoms.